The summed E-state index contributed by atoms with van der Waals surface area (Å²) >= 11 is 7.55. The van der Waals surface area contributed by atoms with E-state index in [-0.39, 0.29) is 16.9 Å². The molecule has 0 aliphatic carbocycles. The van der Waals surface area contributed by atoms with Crippen molar-refractivity contribution >= 4 is 40.9 Å². The number of amides is 2. The Morgan fingerprint density at radius 2 is 1.50 bits per heavy atom. The molecule has 0 fully saturated rings. The Bertz CT molecular complexity index is 945. The maximum Gasteiger partial charge on any atom is 0.248 e. The third-order valence-electron chi connectivity index (χ3n) is 4.11. The highest BCUT2D eigenvalue weighted by Crippen LogP contribution is 2.36. The molecule has 3 N–H and O–H groups in total. The van der Waals surface area contributed by atoms with Gasteiger partial charge in [0.25, 0.3) is 0 Å². The number of rotatable bonds is 7. The van der Waals surface area contributed by atoms with Crippen LogP contribution >= 0.6 is 23.4 Å². The third-order valence-corrected chi connectivity index (χ3v) is 5.67. The highest BCUT2D eigenvalue weighted by atomic mass is 35.5. The number of anilines is 1. The maximum absolute atomic E-state index is 12.4. The summed E-state index contributed by atoms with van der Waals surface area (Å²) in [6.07, 6.45) is 0. The minimum atomic E-state index is -0.498. The van der Waals surface area contributed by atoms with Gasteiger partial charge in [0.05, 0.1) is 11.0 Å². The number of halogens is 1. The molecule has 0 heterocycles. The highest BCUT2D eigenvalue weighted by Gasteiger charge is 2.16. The van der Waals surface area contributed by atoms with Crippen molar-refractivity contribution < 1.29 is 9.59 Å². The summed E-state index contributed by atoms with van der Waals surface area (Å²) in [7, 11) is 0. The number of hydrogen-bond acceptors (Lipinski definition) is 3. The van der Waals surface area contributed by atoms with E-state index in [1.807, 2.05) is 54.6 Å². The van der Waals surface area contributed by atoms with Crippen LogP contribution in [-0.2, 0) is 4.79 Å². The SMILES string of the molecule is NC(=O)c1ccc(NC(=O)CSC(c2ccccc2)c2ccc(Cl)cc2)cc1. The van der Waals surface area contributed by atoms with Crippen LogP contribution in [0.25, 0.3) is 0 Å². The average Bonchev–Trinajstić information content (AvgIpc) is 2.70. The molecule has 4 nitrogen and oxygen atoms in total. The van der Waals surface area contributed by atoms with Crippen molar-refractivity contribution in [2.24, 2.45) is 5.73 Å². The van der Waals surface area contributed by atoms with E-state index in [4.69, 9.17) is 17.3 Å². The summed E-state index contributed by atoms with van der Waals surface area (Å²) in [6.45, 7) is 0. The monoisotopic (exact) mass is 410 g/mol. The van der Waals surface area contributed by atoms with Crippen molar-refractivity contribution in [3.05, 3.63) is 101 Å². The minimum absolute atomic E-state index is 0.0152. The lowest BCUT2D eigenvalue weighted by molar-refractivity contribution is -0.113. The van der Waals surface area contributed by atoms with Gasteiger partial charge < -0.3 is 11.1 Å². The Morgan fingerprint density at radius 3 is 2.11 bits per heavy atom. The van der Waals surface area contributed by atoms with Gasteiger partial charge in [-0.05, 0) is 47.5 Å². The van der Waals surface area contributed by atoms with Gasteiger partial charge in [-0.15, -0.1) is 11.8 Å². The zero-order chi connectivity index (χ0) is 19.9. The molecule has 142 valence electrons. The van der Waals surface area contributed by atoms with Crippen molar-refractivity contribution in [2.45, 2.75) is 5.25 Å². The van der Waals surface area contributed by atoms with E-state index >= 15 is 0 Å². The molecule has 0 bridgehead atoms. The van der Waals surface area contributed by atoms with Gasteiger partial charge in [0.2, 0.25) is 11.8 Å². The zero-order valence-electron chi connectivity index (χ0n) is 15.0. The predicted octanol–water partition coefficient (Wildman–Crippen LogP) is 4.90. The quantitative estimate of drug-likeness (QED) is 0.581. The normalized spacial score (nSPS) is 11.6. The van der Waals surface area contributed by atoms with Gasteiger partial charge in [-0.2, -0.15) is 0 Å². The Labute approximate surface area is 173 Å². The summed E-state index contributed by atoms with van der Waals surface area (Å²) in [5.41, 5.74) is 8.46. The molecule has 0 aliphatic rings. The smallest absolute Gasteiger partial charge is 0.248 e. The molecular weight excluding hydrogens is 392 g/mol. The number of benzene rings is 3. The Morgan fingerprint density at radius 1 is 0.893 bits per heavy atom. The number of thioether (sulfide) groups is 1. The molecule has 6 heteroatoms. The van der Waals surface area contributed by atoms with Crippen LogP contribution in [0, 0.1) is 0 Å². The molecule has 1 atom stereocenters. The van der Waals surface area contributed by atoms with Crippen LogP contribution in [-0.4, -0.2) is 17.6 Å². The largest absolute Gasteiger partial charge is 0.366 e. The lowest BCUT2D eigenvalue weighted by Gasteiger charge is -2.18. The Kier molecular flexibility index (Phi) is 6.74. The van der Waals surface area contributed by atoms with E-state index in [0.717, 1.165) is 11.1 Å². The number of hydrogen-bond donors (Lipinski definition) is 2. The molecule has 0 spiro atoms. The molecule has 3 rings (SSSR count). The first-order valence-corrected chi connectivity index (χ1v) is 10.1. The number of nitrogens with two attached hydrogens (primary N) is 1. The first-order valence-electron chi connectivity index (χ1n) is 8.64. The molecule has 1 unspecified atom stereocenters. The molecule has 0 saturated heterocycles. The van der Waals surface area contributed by atoms with E-state index in [9.17, 15) is 9.59 Å². The van der Waals surface area contributed by atoms with Crippen molar-refractivity contribution in [2.75, 3.05) is 11.1 Å². The van der Waals surface area contributed by atoms with Gasteiger partial charge in [-0.1, -0.05) is 54.1 Å². The van der Waals surface area contributed by atoms with Gasteiger partial charge in [0.1, 0.15) is 0 Å². The second-order valence-electron chi connectivity index (χ2n) is 6.14. The van der Waals surface area contributed by atoms with E-state index in [0.29, 0.717) is 16.3 Å². The van der Waals surface area contributed by atoms with Crippen LogP contribution in [0.5, 0.6) is 0 Å². The summed E-state index contributed by atoms with van der Waals surface area (Å²) < 4.78 is 0. The fourth-order valence-electron chi connectivity index (χ4n) is 2.72. The highest BCUT2D eigenvalue weighted by molar-refractivity contribution is 8.00. The summed E-state index contributed by atoms with van der Waals surface area (Å²) in [5, 5.41) is 3.54. The van der Waals surface area contributed by atoms with E-state index < -0.39 is 5.91 Å². The first kappa shape index (κ1) is 20.0. The molecular formula is C22H19ClN2O2S. The minimum Gasteiger partial charge on any atom is -0.366 e. The average molecular weight is 411 g/mol. The summed E-state index contributed by atoms with van der Waals surface area (Å²) in [4.78, 5) is 23.5. The molecule has 3 aromatic rings. The molecule has 0 aromatic heterocycles. The van der Waals surface area contributed by atoms with Crippen LogP contribution in [0.3, 0.4) is 0 Å². The van der Waals surface area contributed by atoms with Crippen LogP contribution in [0.1, 0.15) is 26.7 Å². The van der Waals surface area contributed by atoms with Crippen molar-refractivity contribution in [1.29, 1.82) is 0 Å². The van der Waals surface area contributed by atoms with Crippen molar-refractivity contribution in [1.82, 2.24) is 0 Å². The summed E-state index contributed by atoms with van der Waals surface area (Å²) in [5.74, 6) is -0.339. The Hall–Kier alpha value is -2.76. The predicted molar refractivity (Wildman–Crippen MR) is 116 cm³/mol. The van der Waals surface area contributed by atoms with Gasteiger partial charge >= 0.3 is 0 Å². The molecule has 3 aromatic carbocycles. The van der Waals surface area contributed by atoms with Gasteiger partial charge in [0.15, 0.2) is 0 Å². The lowest BCUT2D eigenvalue weighted by Crippen LogP contribution is -2.16. The fraction of sp³-hybridized carbons (Fsp3) is 0.0909. The van der Waals surface area contributed by atoms with Crippen LogP contribution in [0.4, 0.5) is 5.69 Å². The van der Waals surface area contributed by atoms with E-state index in [2.05, 4.69) is 5.32 Å². The molecule has 28 heavy (non-hydrogen) atoms. The number of primary amides is 1. The third kappa shape index (κ3) is 5.38. The van der Waals surface area contributed by atoms with Crippen LogP contribution in [0.15, 0.2) is 78.9 Å². The Balaban J connectivity index is 1.68. The van der Waals surface area contributed by atoms with Crippen LogP contribution in [0.2, 0.25) is 5.02 Å². The van der Waals surface area contributed by atoms with Gasteiger partial charge in [-0.3, -0.25) is 9.59 Å². The van der Waals surface area contributed by atoms with Crippen molar-refractivity contribution in [3.63, 3.8) is 0 Å². The first-order chi connectivity index (χ1) is 13.5. The van der Waals surface area contributed by atoms with Gasteiger partial charge in [0, 0.05) is 16.3 Å². The standard InChI is InChI=1S/C22H19ClN2O2S/c23-18-10-6-16(7-11-18)21(15-4-2-1-3-5-15)28-14-20(26)25-19-12-8-17(9-13-19)22(24)27/h1-13,21H,14H2,(H2,24,27)(H,25,26). The number of nitrogens with one attached hydrogen (secondary N) is 1. The molecule has 0 saturated carbocycles. The lowest BCUT2D eigenvalue weighted by atomic mass is 10.0. The second-order valence-corrected chi connectivity index (χ2v) is 7.67. The fourth-order valence-corrected chi connectivity index (χ4v) is 3.94. The molecule has 0 radical (unpaired) electrons. The molecule has 2 amide bonds. The topological polar surface area (TPSA) is 72.2 Å². The summed E-state index contributed by atoms with van der Waals surface area (Å²) in [6, 6.07) is 24.2. The molecule has 0 aliphatic heterocycles. The maximum atomic E-state index is 12.4. The second kappa shape index (κ2) is 9.44. The zero-order valence-corrected chi connectivity index (χ0v) is 16.5. The number of carbonyl (C=O) groups excluding carboxylic acids is 2. The van der Waals surface area contributed by atoms with E-state index in [1.54, 1.807) is 24.3 Å². The van der Waals surface area contributed by atoms with Crippen LogP contribution < -0.4 is 11.1 Å². The van der Waals surface area contributed by atoms with Crippen molar-refractivity contribution in [3.8, 4) is 0 Å². The number of carbonyl (C=O) groups is 2. The van der Waals surface area contributed by atoms with E-state index in [1.165, 1.54) is 11.8 Å². The van der Waals surface area contributed by atoms with Gasteiger partial charge in [-0.25, -0.2) is 0 Å².